The standard InChI is InChI=1S/C20H30ClN3O3.HI/c1-4-22-20(24-11-9-15(10-12-24)19(25)27-5-2)23-14-18(26-3)16-7-6-8-17(21)13-16;/h6-8,13,15,18H,4-5,9-12,14H2,1-3H3,(H,22,23);1H. The van der Waals surface area contributed by atoms with Crippen LogP contribution in [0.1, 0.15) is 38.4 Å². The average molecular weight is 524 g/mol. The van der Waals surface area contributed by atoms with Crippen LogP contribution >= 0.6 is 35.6 Å². The Balaban J connectivity index is 0.00000392. The number of nitrogens with one attached hydrogen (secondary N) is 1. The van der Waals surface area contributed by atoms with E-state index in [9.17, 15) is 4.79 Å². The van der Waals surface area contributed by atoms with E-state index in [1.807, 2.05) is 38.1 Å². The molecule has 0 spiro atoms. The molecule has 6 nitrogen and oxygen atoms in total. The van der Waals surface area contributed by atoms with Crippen molar-refractivity contribution in [3.8, 4) is 0 Å². The Bertz CT molecular complexity index is 637. The predicted molar refractivity (Wildman–Crippen MR) is 124 cm³/mol. The molecule has 1 atom stereocenters. The number of esters is 1. The molecule has 8 heteroatoms. The van der Waals surface area contributed by atoms with Crippen LogP contribution in [0.2, 0.25) is 5.02 Å². The molecule has 28 heavy (non-hydrogen) atoms. The Morgan fingerprint density at radius 3 is 2.64 bits per heavy atom. The second-order valence-electron chi connectivity index (χ2n) is 6.49. The monoisotopic (exact) mass is 523 g/mol. The highest BCUT2D eigenvalue weighted by atomic mass is 127. The molecule has 0 saturated carbocycles. The Kier molecular flexibility index (Phi) is 11.8. The number of hydrogen-bond acceptors (Lipinski definition) is 4. The van der Waals surface area contributed by atoms with Crippen molar-refractivity contribution >= 4 is 47.5 Å². The van der Waals surface area contributed by atoms with E-state index in [1.165, 1.54) is 0 Å². The first-order valence-corrected chi connectivity index (χ1v) is 9.94. The zero-order valence-corrected chi connectivity index (χ0v) is 19.9. The minimum absolute atomic E-state index is 0. The van der Waals surface area contributed by atoms with E-state index in [1.54, 1.807) is 7.11 Å². The van der Waals surface area contributed by atoms with Gasteiger partial charge < -0.3 is 19.7 Å². The lowest BCUT2D eigenvalue weighted by molar-refractivity contribution is -0.149. The summed E-state index contributed by atoms with van der Waals surface area (Å²) in [4.78, 5) is 18.9. The summed E-state index contributed by atoms with van der Waals surface area (Å²) in [5, 5.41) is 4.03. The average Bonchev–Trinajstić information content (AvgIpc) is 2.68. The maximum absolute atomic E-state index is 11.9. The zero-order chi connectivity index (χ0) is 19.6. The number of methoxy groups -OCH3 is 1. The van der Waals surface area contributed by atoms with Crippen molar-refractivity contribution in [1.29, 1.82) is 0 Å². The van der Waals surface area contributed by atoms with E-state index in [4.69, 9.17) is 26.1 Å². The second-order valence-corrected chi connectivity index (χ2v) is 6.92. The van der Waals surface area contributed by atoms with Crippen molar-refractivity contribution in [1.82, 2.24) is 10.2 Å². The van der Waals surface area contributed by atoms with Crippen molar-refractivity contribution in [2.24, 2.45) is 10.9 Å². The Labute approximate surface area is 190 Å². The van der Waals surface area contributed by atoms with E-state index in [0.29, 0.717) is 18.2 Å². The largest absolute Gasteiger partial charge is 0.466 e. The molecule has 1 unspecified atom stereocenters. The molecule has 1 N–H and O–H groups in total. The Hall–Kier alpha value is -1.06. The van der Waals surface area contributed by atoms with Crippen LogP contribution in [-0.2, 0) is 14.3 Å². The fourth-order valence-corrected chi connectivity index (χ4v) is 3.40. The molecule has 1 fully saturated rings. The van der Waals surface area contributed by atoms with E-state index in [0.717, 1.165) is 44.0 Å². The van der Waals surface area contributed by atoms with Crippen LogP contribution in [0.5, 0.6) is 0 Å². The quantitative estimate of drug-likeness (QED) is 0.254. The first-order chi connectivity index (χ1) is 13.1. The molecular weight excluding hydrogens is 493 g/mol. The van der Waals surface area contributed by atoms with Gasteiger partial charge in [0.1, 0.15) is 6.10 Å². The maximum Gasteiger partial charge on any atom is 0.309 e. The van der Waals surface area contributed by atoms with Gasteiger partial charge in [-0.05, 0) is 44.4 Å². The number of rotatable bonds is 7. The Morgan fingerprint density at radius 1 is 1.36 bits per heavy atom. The van der Waals surface area contributed by atoms with Crippen LogP contribution in [0.15, 0.2) is 29.3 Å². The van der Waals surface area contributed by atoms with Gasteiger partial charge in [-0.1, -0.05) is 23.7 Å². The number of likely N-dealkylation sites (tertiary alicyclic amines) is 1. The number of nitrogens with zero attached hydrogens (tertiary/aromatic N) is 2. The highest BCUT2D eigenvalue weighted by Gasteiger charge is 2.27. The molecule has 1 aliphatic heterocycles. The van der Waals surface area contributed by atoms with Crippen molar-refractivity contribution < 1.29 is 14.3 Å². The molecule has 2 rings (SSSR count). The third-order valence-corrected chi connectivity index (χ3v) is 4.90. The molecule has 0 bridgehead atoms. The van der Waals surface area contributed by atoms with Crippen LogP contribution in [0.4, 0.5) is 0 Å². The summed E-state index contributed by atoms with van der Waals surface area (Å²) in [5.41, 5.74) is 1.01. The number of aliphatic imine (C=N–C) groups is 1. The number of ether oxygens (including phenoxy) is 2. The number of piperidine rings is 1. The Morgan fingerprint density at radius 2 is 2.07 bits per heavy atom. The lowest BCUT2D eigenvalue weighted by Gasteiger charge is -2.33. The zero-order valence-electron chi connectivity index (χ0n) is 16.8. The molecule has 1 aromatic rings. The van der Waals surface area contributed by atoms with Gasteiger partial charge in [0.05, 0.1) is 19.1 Å². The van der Waals surface area contributed by atoms with E-state index in [-0.39, 0.29) is 42.0 Å². The summed E-state index contributed by atoms with van der Waals surface area (Å²) in [5.74, 6) is 0.755. The van der Waals surface area contributed by atoms with Gasteiger partial charge in [-0.2, -0.15) is 0 Å². The number of carbonyl (C=O) groups is 1. The summed E-state index contributed by atoms with van der Waals surface area (Å²) < 4.78 is 10.8. The third kappa shape index (κ3) is 7.40. The van der Waals surface area contributed by atoms with Crippen LogP contribution < -0.4 is 5.32 Å². The second kappa shape index (κ2) is 13.2. The summed E-state index contributed by atoms with van der Waals surface area (Å²) >= 11 is 6.09. The molecule has 1 aromatic carbocycles. The predicted octanol–water partition coefficient (Wildman–Crippen LogP) is 3.89. The summed E-state index contributed by atoms with van der Waals surface area (Å²) in [6.45, 7) is 7.17. The number of halogens is 2. The topological polar surface area (TPSA) is 63.2 Å². The van der Waals surface area contributed by atoms with Gasteiger partial charge in [0.25, 0.3) is 0 Å². The van der Waals surface area contributed by atoms with Crippen LogP contribution in [0.3, 0.4) is 0 Å². The maximum atomic E-state index is 11.9. The molecule has 0 amide bonds. The summed E-state index contributed by atoms with van der Waals surface area (Å²) in [7, 11) is 1.68. The molecule has 0 aliphatic carbocycles. The minimum Gasteiger partial charge on any atom is -0.466 e. The molecule has 1 heterocycles. The highest BCUT2D eigenvalue weighted by molar-refractivity contribution is 14.0. The summed E-state index contributed by atoms with van der Waals surface area (Å²) in [6, 6.07) is 7.66. The first kappa shape index (κ1) is 25.0. The van der Waals surface area contributed by atoms with Gasteiger partial charge >= 0.3 is 5.97 Å². The van der Waals surface area contributed by atoms with Crippen molar-refractivity contribution in [3.63, 3.8) is 0 Å². The van der Waals surface area contributed by atoms with E-state index >= 15 is 0 Å². The number of benzene rings is 1. The number of hydrogen-bond donors (Lipinski definition) is 1. The third-order valence-electron chi connectivity index (χ3n) is 4.66. The van der Waals surface area contributed by atoms with Gasteiger partial charge in [-0.3, -0.25) is 9.79 Å². The molecular formula is C20H31ClIN3O3. The van der Waals surface area contributed by atoms with Gasteiger partial charge in [0, 0.05) is 31.8 Å². The normalized spacial score (nSPS) is 16.3. The molecule has 0 radical (unpaired) electrons. The molecule has 0 aromatic heterocycles. The fraction of sp³-hybridized carbons (Fsp3) is 0.600. The first-order valence-electron chi connectivity index (χ1n) is 9.57. The minimum atomic E-state index is -0.158. The molecule has 1 aliphatic rings. The summed E-state index contributed by atoms with van der Waals surface area (Å²) in [6.07, 6.45) is 1.41. The van der Waals surface area contributed by atoms with E-state index < -0.39 is 0 Å². The van der Waals surface area contributed by atoms with Gasteiger partial charge in [-0.15, -0.1) is 24.0 Å². The molecule has 1 saturated heterocycles. The fourth-order valence-electron chi connectivity index (χ4n) is 3.21. The number of carbonyl (C=O) groups excluding carboxylic acids is 1. The van der Waals surface area contributed by atoms with Gasteiger partial charge in [-0.25, -0.2) is 0 Å². The van der Waals surface area contributed by atoms with Crippen LogP contribution in [0, 0.1) is 5.92 Å². The lowest BCUT2D eigenvalue weighted by atomic mass is 9.97. The van der Waals surface area contributed by atoms with Crippen LogP contribution in [0.25, 0.3) is 0 Å². The van der Waals surface area contributed by atoms with E-state index in [2.05, 4.69) is 10.2 Å². The number of guanidine groups is 1. The van der Waals surface area contributed by atoms with Crippen LogP contribution in [-0.4, -0.2) is 56.7 Å². The smallest absolute Gasteiger partial charge is 0.309 e. The highest BCUT2D eigenvalue weighted by Crippen LogP contribution is 2.22. The lowest BCUT2D eigenvalue weighted by Crippen LogP contribution is -2.47. The molecule has 158 valence electrons. The van der Waals surface area contributed by atoms with Gasteiger partial charge in [0.15, 0.2) is 5.96 Å². The van der Waals surface area contributed by atoms with Gasteiger partial charge in [0.2, 0.25) is 0 Å². The van der Waals surface area contributed by atoms with Crippen molar-refractivity contribution in [2.75, 3.05) is 39.9 Å². The van der Waals surface area contributed by atoms with Crippen molar-refractivity contribution in [2.45, 2.75) is 32.8 Å². The van der Waals surface area contributed by atoms with Crippen molar-refractivity contribution in [3.05, 3.63) is 34.9 Å². The SMILES string of the molecule is CCNC(=NCC(OC)c1cccc(Cl)c1)N1CCC(C(=O)OCC)CC1.I.